The molecule has 0 aliphatic heterocycles. The molecule has 0 radical (unpaired) electrons. The van der Waals surface area contributed by atoms with Crippen LogP contribution < -0.4 is 21.2 Å². The second-order valence-electron chi connectivity index (χ2n) is 7.07. The number of nitrogens with two attached hydrogens (primary N) is 1. The SMILES string of the molecule is CC(Sc1nnc(COc2ccc(Cl)cc2)n1N)C(=O)NC(=O)NC1CCCCC1. The highest BCUT2D eigenvalue weighted by Crippen LogP contribution is 2.22. The lowest BCUT2D eigenvalue weighted by molar-refractivity contribution is -0.119. The van der Waals surface area contributed by atoms with Gasteiger partial charge < -0.3 is 15.9 Å². The first-order valence-corrected chi connectivity index (χ1v) is 11.0. The molecule has 2 aromatic rings. The highest BCUT2D eigenvalue weighted by atomic mass is 35.5. The molecule has 1 saturated carbocycles. The number of imide groups is 1. The smallest absolute Gasteiger partial charge is 0.321 e. The Morgan fingerprint density at radius 1 is 1.27 bits per heavy atom. The summed E-state index contributed by atoms with van der Waals surface area (Å²) >= 11 is 6.96. The molecule has 1 fully saturated rings. The highest BCUT2D eigenvalue weighted by molar-refractivity contribution is 8.00. The van der Waals surface area contributed by atoms with E-state index in [1.54, 1.807) is 31.2 Å². The first-order valence-electron chi connectivity index (χ1n) is 9.78. The van der Waals surface area contributed by atoms with Crippen LogP contribution in [0.2, 0.25) is 5.02 Å². The zero-order valence-electron chi connectivity index (χ0n) is 16.6. The fraction of sp³-hybridized carbons (Fsp3) is 0.474. The quantitative estimate of drug-likeness (QED) is 0.435. The maximum atomic E-state index is 12.3. The van der Waals surface area contributed by atoms with Crippen molar-refractivity contribution in [3.63, 3.8) is 0 Å². The van der Waals surface area contributed by atoms with Crippen LogP contribution >= 0.6 is 23.4 Å². The van der Waals surface area contributed by atoms with Crippen LogP contribution in [0.25, 0.3) is 0 Å². The molecule has 1 aliphatic rings. The molecule has 0 spiro atoms. The molecule has 1 aromatic carbocycles. The first kappa shape index (κ1) is 22.2. The Morgan fingerprint density at radius 2 is 1.97 bits per heavy atom. The number of hydrogen-bond acceptors (Lipinski definition) is 7. The molecule has 3 rings (SSSR count). The molecule has 1 heterocycles. The minimum atomic E-state index is -0.585. The predicted octanol–water partition coefficient (Wildman–Crippen LogP) is 2.86. The van der Waals surface area contributed by atoms with Gasteiger partial charge >= 0.3 is 6.03 Å². The monoisotopic (exact) mass is 452 g/mol. The summed E-state index contributed by atoms with van der Waals surface area (Å²) in [5.74, 6) is 6.62. The van der Waals surface area contributed by atoms with Gasteiger partial charge in [-0.2, -0.15) is 0 Å². The number of ether oxygens (including phenoxy) is 1. The van der Waals surface area contributed by atoms with E-state index in [4.69, 9.17) is 22.2 Å². The lowest BCUT2D eigenvalue weighted by Gasteiger charge is -2.22. The van der Waals surface area contributed by atoms with E-state index in [-0.39, 0.29) is 12.6 Å². The molecule has 3 amide bonds. The van der Waals surface area contributed by atoms with Crippen LogP contribution in [0.5, 0.6) is 5.75 Å². The van der Waals surface area contributed by atoms with Gasteiger partial charge in [0, 0.05) is 11.1 Å². The third kappa shape index (κ3) is 6.27. The maximum Gasteiger partial charge on any atom is 0.321 e. The molecule has 30 heavy (non-hydrogen) atoms. The molecule has 0 saturated heterocycles. The third-order valence-corrected chi connectivity index (χ3v) is 6.05. The van der Waals surface area contributed by atoms with E-state index in [0.717, 1.165) is 37.4 Å². The lowest BCUT2D eigenvalue weighted by Crippen LogP contribution is -2.47. The number of benzene rings is 1. The zero-order valence-corrected chi connectivity index (χ0v) is 18.2. The molecule has 1 aliphatic carbocycles. The van der Waals surface area contributed by atoms with E-state index in [0.29, 0.717) is 21.8 Å². The number of urea groups is 1. The van der Waals surface area contributed by atoms with Crippen molar-refractivity contribution in [2.75, 3.05) is 5.84 Å². The number of rotatable bonds is 7. The van der Waals surface area contributed by atoms with Gasteiger partial charge in [0.05, 0.1) is 5.25 Å². The van der Waals surface area contributed by atoms with E-state index in [9.17, 15) is 9.59 Å². The van der Waals surface area contributed by atoms with E-state index < -0.39 is 17.2 Å². The largest absolute Gasteiger partial charge is 0.486 e. The first-order chi connectivity index (χ1) is 14.4. The number of amides is 3. The van der Waals surface area contributed by atoms with Crippen molar-refractivity contribution in [3.8, 4) is 5.75 Å². The van der Waals surface area contributed by atoms with Crippen LogP contribution in [0.4, 0.5) is 4.79 Å². The molecule has 162 valence electrons. The predicted molar refractivity (Wildman–Crippen MR) is 115 cm³/mol. The summed E-state index contributed by atoms with van der Waals surface area (Å²) in [5.41, 5.74) is 0. The molecular formula is C19H25ClN6O3S. The van der Waals surface area contributed by atoms with Crippen LogP contribution in [0, 0.1) is 0 Å². The summed E-state index contributed by atoms with van der Waals surface area (Å²) in [5, 5.41) is 13.6. The summed E-state index contributed by atoms with van der Waals surface area (Å²) in [4.78, 5) is 24.4. The molecule has 0 bridgehead atoms. The summed E-state index contributed by atoms with van der Waals surface area (Å²) in [7, 11) is 0. The number of aromatic nitrogens is 3. The number of carbonyl (C=O) groups excluding carboxylic acids is 2. The van der Waals surface area contributed by atoms with Crippen LogP contribution in [-0.4, -0.2) is 38.1 Å². The molecule has 1 aromatic heterocycles. The molecule has 4 N–H and O–H groups in total. The van der Waals surface area contributed by atoms with Gasteiger partial charge in [-0.3, -0.25) is 10.1 Å². The summed E-state index contributed by atoms with van der Waals surface area (Å²) in [6.07, 6.45) is 5.29. The molecular weight excluding hydrogens is 428 g/mol. The van der Waals surface area contributed by atoms with Gasteiger partial charge in [0.15, 0.2) is 5.82 Å². The van der Waals surface area contributed by atoms with Crippen molar-refractivity contribution in [1.82, 2.24) is 25.5 Å². The van der Waals surface area contributed by atoms with Gasteiger partial charge in [-0.05, 0) is 44.0 Å². The fourth-order valence-corrected chi connectivity index (χ4v) is 3.97. The number of thioether (sulfide) groups is 1. The van der Waals surface area contributed by atoms with Crippen LogP contribution in [0.3, 0.4) is 0 Å². The lowest BCUT2D eigenvalue weighted by atomic mass is 9.96. The minimum absolute atomic E-state index is 0.107. The molecule has 1 unspecified atom stereocenters. The molecule has 9 nitrogen and oxygen atoms in total. The second-order valence-corrected chi connectivity index (χ2v) is 8.81. The van der Waals surface area contributed by atoms with Crippen molar-refractivity contribution in [2.45, 2.75) is 62.1 Å². The van der Waals surface area contributed by atoms with Crippen molar-refractivity contribution >= 4 is 35.3 Å². The Labute approximate surface area is 184 Å². The van der Waals surface area contributed by atoms with Crippen LogP contribution in [0.15, 0.2) is 29.4 Å². The topological polar surface area (TPSA) is 124 Å². The Morgan fingerprint density at radius 3 is 2.67 bits per heavy atom. The minimum Gasteiger partial charge on any atom is -0.486 e. The normalized spacial score (nSPS) is 15.4. The van der Waals surface area contributed by atoms with Gasteiger partial charge in [-0.25, -0.2) is 9.47 Å². The van der Waals surface area contributed by atoms with Crippen LogP contribution in [-0.2, 0) is 11.4 Å². The Hall–Kier alpha value is -2.46. The standard InChI is InChI=1S/C19H25ClN6O3S/c1-12(17(27)23-18(28)22-14-5-3-2-4-6-14)30-19-25-24-16(26(19)21)11-29-15-9-7-13(20)8-10-15/h7-10,12,14H,2-6,11,21H2,1H3,(H2,22,23,27,28). The van der Waals surface area contributed by atoms with Gasteiger partial charge in [0.2, 0.25) is 11.1 Å². The maximum absolute atomic E-state index is 12.3. The number of nitrogens with zero attached hydrogens (tertiary/aromatic N) is 3. The van der Waals surface area contributed by atoms with Gasteiger partial charge in [-0.1, -0.05) is 42.6 Å². The van der Waals surface area contributed by atoms with Gasteiger partial charge in [0.25, 0.3) is 0 Å². The van der Waals surface area contributed by atoms with Crippen molar-refractivity contribution < 1.29 is 14.3 Å². The Kier molecular flexibility index (Phi) is 7.81. The number of carbonyl (C=O) groups is 2. The summed E-state index contributed by atoms with van der Waals surface area (Å²) in [6, 6.07) is 6.57. The number of nitrogen functional groups attached to an aromatic ring is 1. The van der Waals surface area contributed by atoms with Crippen molar-refractivity contribution in [2.24, 2.45) is 0 Å². The van der Waals surface area contributed by atoms with Gasteiger partial charge in [0.1, 0.15) is 12.4 Å². The third-order valence-electron chi connectivity index (χ3n) is 4.75. The Balaban J connectivity index is 1.48. The Bertz CT molecular complexity index is 870. The highest BCUT2D eigenvalue weighted by Gasteiger charge is 2.22. The number of halogens is 1. The zero-order chi connectivity index (χ0) is 21.5. The number of hydrogen-bond donors (Lipinski definition) is 3. The summed E-state index contributed by atoms with van der Waals surface area (Å²) < 4.78 is 6.89. The van der Waals surface area contributed by atoms with Crippen molar-refractivity contribution in [3.05, 3.63) is 35.1 Å². The van der Waals surface area contributed by atoms with E-state index >= 15 is 0 Å². The molecule has 11 heteroatoms. The van der Waals surface area contributed by atoms with Gasteiger partial charge in [-0.15, -0.1) is 10.2 Å². The van der Waals surface area contributed by atoms with E-state index in [1.807, 2.05) is 0 Å². The van der Waals surface area contributed by atoms with E-state index in [1.165, 1.54) is 11.1 Å². The van der Waals surface area contributed by atoms with E-state index in [2.05, 4.69) is 20.8 Å². The fourth-order valence-electron chi connectivity index (χ4n) is 3.06. The summed E-state index contributed by atoms with van der Waals surface area (Å²) in [6.45, 7) is 1.78. The average molecular weight is 453 g/mol. The average Bonchev–Trinajstić information content (AvgIpc) is 3.07. The van der Waals surface area contributed by atoms with Crippen molar-refractivity contribution in [1.29, 1.82) is 0 Å². The second kappa shape index (κ2) is 10.5. The van der Waals surface area contributed by atoms with Crippen LogP contribution in [0.1, 0.15) is 44.9 Å². The number of nitrogens with one attached hydrogen (secondary N) is 2. The molecule has 1 atom stereocenters.